The third kappa shape index (κ3) is 3.36. The molecule has 2 aromatic carbocycles. The van der Waals surface area contributed by atoms with Crippen LogP contribution >= 0.6 is 15.9 Å². The molecular formula is C15H14BrFN2O. The maximum Gasteiger partial charge on any atom is 0.256 e. The molecular weight excluding hydrogens is 323 g/mol. The van der Waals surface area contributed by atoms with E-state index in [0.29, 0.717) is 12.2 Å². The van der Waals surface area contributed by atoms with E-state index in [1.807, 2.05) is 24.3 Å². The van der Waals surface area contributed by atoms with Crippen molar-refractivity contribution >= 4 is 27.5 Å². The fourth-order valence-electron chi connectivity index (χ4n) is 1.85. The molecule has 0 heterocycles. The molecule has 1 amide bonds. The van der Waals surface area contributed by atoms with Gasteiger partial charge in [-0.15, -0.1) is 0 Å². The lowest BCUT2D eigenvalue weighted by molar-refractivity contribution is 0.0780. The normalized spacial score (nSPS) is 10.3. The Kier molecular flexibility index (Phi) is 4.39. The molecule has 2 N–H and O–H groups in total. The van der Waals surface area contributed by atoms with Gasteiger partial charge in [0.05, 0.1) is 5.56 Å². The van der Waals surface area contributed by atoms with Crippen LogP contribution in [0.5, 0.6) is 0 Å². The van der Waals surface area contributed by atoms with Gasteiger partial charge in [-0.3, -0.25) is 4.79 Å². The van der Waals surface area contributed by atoms with Gasteiger partial charge < -0.3 is 10.6 Å². The zero-order valence-electron chi connectivity index (χ0n) is 10.9. The van der Waals surface area contributed by atoms with Gasteiger partial charge in [0, 0.05) is 23.8 Å². The van der Waals surface area contributed by atoms with E-state index in [2.05, 4.69) is 15.9 Å². The molecule has 0 unspecified atom stereocenters. The Labute approximate surface area is 125 Å². The lowest BCUT2D eigenvalue weighted by Gasteiger charge is -2.18. The highest BCUT2D eigenvalue weighted by Gasteiger charge is 2.16. The molecule has 2 rings (SSSR count). The summed E-state index contributed by atoms with van der Waals surface area (Å²) in [6, 6.07) is 11.7. The van der Waals surface area contributed by atoms with Crippen LogP contribution in [0.15, 0.2) is 46.9 Å². The molecule has 2 aromatic rings. The monoisotopic (exact) mass is 336 g/mol. The Balaban J connectivity index is 2.14. The number of anilines is 1. The second-order valence-corrected chi connectivity index (χ2v) is 5.44. The van der Waals surface area contributed by atoms with E-state index in [4.69, 9.17) is 5.73 Å². The lowest BCUT2D eigenvalue weighted by atomic mass is 10.1. The molecule has 5 heteroatoms. The highest BCUT2D eigenvalue weighted by Crippen LogP contribution is 2.16. The molecule has 0 saturated carbocycles. The summed E-state index contributed by atoms with van der Waals surface area (Å²) >= 11 is 3.35. The number of rotatable bonds is 3. The third-order valence-corrected chi connectivity index (χ3v) is 3.43. The third-order valence-electron chi connectivity index (χ3n) is 2.90. The summed E-state index contributed by atoms with van der Waals surface area (Å²) in [6.45, 7) is 0.413. The second-order valence-electron chi connectivity index (χ2n) is 4.53. The average molecular weight is 337 g/mol. The van der Waals surface area contributed by atoms with E-state index in [1.54, 1.807) is 7.05 Å². The van der Waals surface area contributed by atoms with Crippen molar-refractivity contribution in [2.45, 2.75) is 6.54 Å². The largest absolute Gasteiger partial charge is 0.399 e. The van der Waals surface area contributed by atoms with Crippen molar-refractivity contribution in [3.63, 3.8) is 0 Å². The molecule has 0 atom stereocenters. The van der Waals surface area contributed by atoms with Crippen LogP contribution < -0.4 is 5.73 Å². The fraction of sp³-hybridized carbons (Fsp3) is 0.133. The molecule has 0 aliphatic carbocycles. The molecule has 0 aliphatic heterocycles. The van der Waals surface area contributed by atoms with Crippen LogP contribution in [0.4, 0.5) is 10.1 Å². The first-order chi connectivity index (χ1) is 9.47. The fourth-order valence-corrected chi connectivity index (χ4v) is 2.11. The van der Waals surface area contributed by atoms with Gasteiger partial charge in [-0.1, -0.05) is 28.1 Å². The standard InChI is InChI=1S/C15H14BrFN2O/c1-19(9-10-2-4-11(16)5-3-10)15(20)13-7-6-12(18)8-14(13)17/h2-8H,9,18H2,1H3. The number of halogens is 2. The SMILES string of the molecule is CN(Cc1ccc(Br)cc1)C(=O)c1ccc(N)cc1F. The first kappa shape index (κ1) is 14.5. The number of hydrogen-bond acceptors (Lipinski definition) is 2. The lowest BCUT2D eigenvalue weighted by Crippen LogP contribution is -2.27. The van der Waals surface area contributed by atoms with Crippen molar-refractivity contribution in [2.75, 3.05) is 12.8 Å². The van der Waals surface area contributed by atoms with Gasteiger partial charge in [0.25, 0.3) is 5.91 Å². The highest BCUT2D eigenvalue weighted by molar-refractivity contribution is 9.10. The summed E-state index contributed by atoms with van der Waals surface area (Å²) in [7, 11) is 1.64. The number of amides is 1. The Morgan fingerprint density at radius 2 is 1.90 bits per heavy atom. The van der Waals surface area contributed by atoms with Gasteiger partial charge in [0.2, 0.25) is 0 Å². The van der Waals surface area contributed by atoms with Crippen molar-refractivity contribution in [1.29, 1.82) is 0 Å². The van der Waals surface area contributed by atoms with Crippen LogP contribution in [0.2, 0.25) is 0 Å². The molecule has 3 nitrogen and oxygen atoms in total. The Bertz CT molecular complexity index is 628. The summed E-state index contributed by atoms with van der Waals surface area (Å²) < 4.78 is 14.7. The summed E-state index contributed by atoms with van der Waals surface area (Å²) in [4.78, 5) is 13.7. The number of carbonyl (C=O) groups is 1. The molecule has 0 fully saturated rings. The van der Waals surface area contributed by atoms with Gasteiger partial charge in [-0.05, 0) is 35.9 Å². The molecule has 0 bridgehead atoms. The number of nitrogens with two attached hydrogens (primary N) is 1. The van der Waals surface area contributed by atoms with Crippen molar-refractivity contribution in [1.82, 2.24) is 4.90 Å². The Morgan fingerprint density at radius 3 is 2.50 bits per heavy atom. The van der Waals surface area contributed by atoms with E-state index in [9.17, 15) is 9.18 Å². The predicted molar refractivity (Wildman–Crippen MR) is 80.8 cm³/mol. The van der Waals surface area contributed by atoms with E-state index in [-0.39, 0.29) is 11.5 Å². The summed E-state index contributed by atoms with van der Waals surface area (Å²) in [5.41, 5.74) is 6.77. The zero-order chi connectivity index (χ0) is 14.7. The van der Waals surface area contributed by atoms with E-state index >= 15 is 0 Å². The van der Waals surface area contributed by atoms with E-state index in [1.165, 1.54) is 17.0 Å². The number of nitrogen functional groups attached to an aromatic ring is 1. The van der Waals surface area contributed by atoms with Crippen LogP contribution in [-0.4, -0.2) is 17.9 Å². The van der Waals surface area contributed by atoms with Crippen molar-refractivity contribution in [2.24, 2.45) is 0 Å². The number of hydrogen-bond donors (Lipinski definition) is 1. The maximum atomic E-state index is 13.7. The molecule has 104 valence electrons. The van der Waals surface area contributed by atoms with Gasteiger partial charge >= 0.3 is 0 Å². The van der Waals surface area contributed by atoms with Crippen LogP contribution in [0.3, 0.4) is 0 Å². The number of nitrogens with zero attached hydrogens (tertiary/aromatic N) is 1. The average Bonchev–Trinajstić information content (AvgIpc) is 2.40. The second kappa shape index (κ2) is 6.05. The van der Waals surface area contributed by atoms with Crippen molar-refractivity contribution in [3.05, 3.63) is 63.9 Å². The minimum Gasteiger partial charge on any atom is -0.399 e. The van der Waals surface area contributed by atoms with Crippen molar-refractivity contribution < 1.29 is 9.18 Å². The van der Waals surface area contributed by atoms with E-state index < -0.39 is 5.82 Å². The van der Waals surface area contributed by atoms with Gasteiger partial charge in [-0.25, -0.2) is 4.39 Å². The number of carbonyl (C=O) groups excluding carboxylic acids is 1. The molecule has 0 saturated heterocycles. The maximum absolute atomic E-state index is 13.7. The van der Waals surface area contributed by atoms with Crippen molar-refractivity contribution in [3.8, 4) is 0 Å². The zero-order valence-corrected chi connectivity index (χ0v) is 12.5. The number of benzene rings is 2. The van der Waals surface area contributed by atoms with E-state index in [0.717, 1.165) is 16.1 Å². The predicted octanol–water partition coefficient (Wildman–Crippen LogP) is 3.44. The molecule has 0 aliphatic rings. The quantitative estimate of drug-likeness (QED) is 0.872. The smallest absolute Gasteiger partial charge is 0.256 e. The summed E-state index contributed by atoms with van der Waals surface area (Å²) in [5.74, 6) is -0.969. The first-order valence-corrected chi connectivity index (χ1v) is 6.81. The summed E-state index contributed by atoms with van der Waals surface area (Å²) in [5, 5.41) is 0. The molecule has 0 radical (unpaired) electrons. The minimum absolute atomic E-state index is 0.0267. The molecule has 0 spiro atoms. The van der Waals surface area contributed by atoms with Crippen LogP contribution in [0.25, 0.3) is 0 Å². The Hall–Kier alpha value is -1.88. The topological polar surface area (TPSA) is 46.3 Å². The van der Waals surface area contributed by atoms with Gasteiger partial charge in [0.15, 0.2) is 0 Å². The van der Waals surface area contributed by atoms with Crippen LogP contribution in [0.1, 0.15) is 15.9 Å². The highest BCUT2D eigenvalue weighted by atomic mass is 79.9. The minimum atomic E-state index is -0.599. The van der Waals surface area contributed by atoms with Gasteiger partial charge in [0.1, 0.15) is 5.82 Å². The van der Waals surface area contributed by atoms with Crippen LogP contribution in [0, 0.1) is 5.82 Å². The Morgan fingerprint density at radius 1 is 1.25 bits per heavy atom. The summed E-state index contributed by atoms with van der Waals surface area (Å²) in [6.07, 6.45) is 0. The first-order valence-electron chi connectivity index (χ1n) is 6.02. The van der Waals surface area contributed by atoms with Gasteiger partial charge in [-0.2, -0.15) is 0 Å². The molecule has 0 aromatic heterocycles. The van der Waals surface area contributed by atoms with Crippen LogP contribution in [-0.2, 0) is 6.54 Å². The molecule has 20 heavy (non-hydrogen) atoms.